The summed E-state index contributed by atoms with van der Waals surface area (Å²) in [5.41, 5.74) is 2.88. The Hall–Kier alpha value is -1.02. The Morgan fingerprint density at radius 3 is 3.06 bits per heavy atom. The minimum absolute atomic E-state index is 0.814. The van der Waals surface area contributed by atoms with Crippen LogP contribution in [0.4, 0.5) is 5.69 Å². The van der Waals surface area contributed by atoms with Crippen LogP contribution in [0.15, 0.2) is 24.3 Å². The maximum absolute atomic E-state index is 2.67. The van der Waals surface area contributed by atoms with Crippen molar-refractivity contribution in [3.05, 3.63) is 29.8 Å². The maximum Gasteiger partial charge on any atom is 0.0369 e. The number of fused-ring (bicyclic) bond motifs is 1. The van der Waals surface area contributed by atoms with Gasteiger partial charge in [-0.1, -0.05) is 19.1 Å². The fraction of sp³-hybridized carbons (Fsp3) is 0.600. The second-order valence-electron chi connectivity index (χ2n) is 5.30. The van der Waals surface area contributed by atoms with Gasteiger partial charge in [-0.25, -0.2) is 0 Å². The molecule has 2 heterocycles. The molecule has 2 fully saturated rings. The number of nitrogens with zero attached hydrogens (tertiary/aromatic N) is 2. The van der Waals surface area contributed by atoms with Crippen molar-refractivity contribution in [2.45, 2.75) is 32.2 Å². The van der Waals surface area contributed by atoms with Crippen LogP contribution in [0.2, 0.25) is 0 Å². The second-order valence-corrected chi connectivity index (χ2v) is 5.30. The van der Waals surface area contributed by atoms with Crippen molar-refractivity contribution < 1.29 is 0 Å². The summed E-state index contributed by atoms with van der Waals surface area (Å²) >= 11 is 0. The lowest BCUT2D eigenvalue weighted by atomic mass is 10.1. The highest BCUT2D eigenvalue weighted by molar-refractivity contribution is 5.49. The van der Waals surface area contributed by atoms with Crippen molar-refractivity contribution in [3.8, 4) is 0 Å². The molecule has 1 atom stereocenters. The summed E-state index contributed by atoms with van der Waals surface area (Å²) in [4.78, 5) is 5.24. The van der Waals surface area contributed by atoms with Gasteiger partial charge in [0.25, 0.3) is 0 Å². The minimum atomic E-state index is 0.814. The lowest BCUT2D eigenvalue weighted by Crippen LogP contribution is -2.50. The maximum atomic E-state index is 2.67. The summed E-state index contributed by atoms with van der Waals surface area (Å²) in [5.74, 6) is 0. The zero-order valence-corrected chi connectivity index (χ0v) is 10.7. The fourth-order valence-corrected chi connectivity index (χ4v) is 3.20. The summed E-state index contributed by atoms with van der Waals surface area (Å²) < 4.78 is 0. The van der Waals surface area contributed by atoms with Gasteiger partial charge in [0.05, 0.1) is 0 Å². The standard InChI is InChI=1S/C15H22N2/c1-2-13-5-3-6-14(11-13)17-10-9-16-8-4-7-15(16)12-17/h3,5-6,11,15H,2,4,7-10,12H2,1H3. The van der Waals surface area contributed by atoms with Gasteiger partial charge >= 0.3 is 0 Å². The molecule has 0 aliphatic carbocycles. The van der Waals surface area contributed by atoms with Gasteiger partial charge < -0.3 is 4.90 Å². The van der Waals surface area contributed by atoms with Gasteiger partial charge in [-0.05, 0) is 43.5 Å². The number of hydrogen-bond acceptors (Lipinski definition) is 2. The predicted molar refractivity (Wildman–Crippen MR) is 72.6 cm³/mol. The van der Waals surface area contributed by atoms with Crippen molar-refractivity contribution in [3.63, 3.8) is 0 Å². The quantitative estimate of drug-likeness (QED) is 0.770. The first-order chi connectivity index (χ1) is 8.36. The van der Waals surface area contributed by atoms with E-state index in [1.165, 1.54) is 50.3 Å². The zero-order valence-electron chi connectivity index (χ0n) is 10.7. The SMILES string of the molecule is CCc1cccc(N2CCN3CCCC3C2)c1. The number of aryl methyl sites for hydroxylation is 1. The van der Waals surface area contributed by atoms with Crippen LogP contribution in [0, 0.1) is 0 Å². The van der Waals surface area contributed by atoms with Crippen molar-refractivity contribution in [1.82, 2.24) is 4.90 Å². The number of piperazine rings is 1. The first kappa shape index (κ1) is 11.1. The van der Waals surface area contributed by atoms with Crippen LogP contribution in [0.3, 0.4) is 0 Å². The highest BCUT2D eigenvalue weighted by Crippen LogP contribution is 2.25. The number of hydrogen-bond donors (Lipinski definition) is 0. The molecule has 1 aromatic rings. The Morgan fingerprint density at radius 2 is 2.18 bits per heavy atom. The van der Waals surface area contributed by atoms with Crippen LogP contribution >= 0.6 is 0 Å². The van der Waals surface area contributed by atoms with E-state index in [0.29, 0.717) is 0 Å². The summed E-state index contributed by atoms with van der Waals surface area (Å²) in [6, 6.07) is 9.88. The van der Waals surface area contributed by atoms with E-state index in [0.717, 1.165) is 12.5 Å². The molecule has 2 aliphatic rings. The average molecular weight is 230 g/mol. The normalized spacial score (nSPS) is 25.0. The molecule has 2 nitrogen and oxygen atoms in total. The average Bonchev–Trinajstić information content (AvgIpc) is 2.86. The van der Waals surface area contributed by atoms with Crippen molar-refractivity contribution in [2.24, 2.45) is 0 Å². The Kier molecular flexibility index (Phi) is 3.06. The second kappa shape index (κ2) is 4.69. The number of rotatable bonds is 2. The van der Waals surface area contributed by atoms with Crippen LogP contribution in [0.1, 0.15) is 25.3 Å². The van der Waals surface area contributed by atoms with Crippen LogP contribution < -0.4 is 4.90 Å². The van der Waals surface area contributed by atoms with E-state index in [1.807, 2.05) is 0 Å². The van der Waals surface area contributed by atoms with E-state index in [-0.39, 0.29) is 0 Å². The summed E-state index contributed by atoms with van der Waals surface area (Å²) in [6.07, 6.45) is 3.93. The molecule has 92 valence electrons. The molecule has 2 aliphatic heterocycles. The van der Waals surface area contributed by atoms with Gasteiger partial charge in [0.1, 0.15) is 0 Å². The molecule has 0 aromatic heterocycles. The molecule has 0 radical (unpaired) electrons. The molecule has 17 heavy (non-hydrogen) atoms. The first-order valence-corrected chi connectivity index (χ1v) is 6.95. The van der Waals surface area contributed by atoms with E-state index in [1.54, 1.807) is 0 Å². The van der Waals surface area contributed by atoms with Crippen molar-refractivity contribution in [2.75, 3.05) is 31.1 Å². The van der Waals surface area contributed by atoms with E-state index in [2.05, 4.69) is 41.0 Å². The largest absolute Gasteiger partial charge is 0.369 e. The molecular weight excluding hydrogens is 208 g/mol. The Labute approximate surface area is 104 Å². The molecule has 0 bridgehead atoms. The first-order valence-electron chi connectivity index (χ1n) is 6.95. The topological polar surface area (TPSA) is 6.48 Å². The van der Waals surface area contributed by atoms with Gasteiger partial charge in [-0.2, -0.15) is 0 Å². The van der Waals surface area contributed by atoms with Crippen LogP contribution in [-0.2, 0) is 6.42 Å². The van der Waals surface area contributed by atoms with Gasteiger partial charge in [-0.15, -0.1) is 0 Å². The Balaban J connectivity index is 1.75. The van der Waals surface area contributed by atoms with Gasteiger partial charge in [0.15, 0.2) is 0 Å². The molecule has 3 rings (SSSR count). The van der Waals surface area contributed by atoms with Gasteiger partial charge in [0, 0.05) is 31.4 Å². The Bertz CT molecular complexity index is 388. The molecule has 2 saturated heterocycles. The predicted octanol–water partition coefficient (Wildman–Crippen LogP) is 2.53. The smallest absolute Gasteiger partial charge is 0.0369 e. The summed E-state index contributed by atoms with van der Waals surface area (Å²) in [5, 5.41) is 0. The summed E-state index contributed by atoms with van der Waals surface area (Å²) in [7, 11) is 0. The number of anilines is 1. The molecule has 0 saturated carbocycles. The minimum Gasteiger partial charge on any atom is -0.369 e. The van der Waals surface area contributed by atoms with Crippen molar-refractivity contribution in [1.29, 1.82) is 0 Å². The third kappa shape index (κ3) is 2.19. The zero-order chi connectivity index (χ0) is 11.7. The molecule has 1 aromatic carbocycles. The van der Waals surface area contributed by atoms with Gasteiger partial charge in [0.2, 0.25) is 0 Å². The van der Waals surface area contributed by atoms with Crippen LogP contribution in [0.25, 0.3) is 0 Å². The van der Waals surface area contributed by atoms with Crippen molar-refractivity contribution >= 4 is 5.69 Å². The molecule has 1 unspecified atom stereocenters. The van der Waals surface area contributed by atoms with Crippen LogP contribution in [0.5, 0.6) is 0 Å². The lowest BCUT2D eigenvalue weighted by molar-refractivity contribution is 0.231. The number of benzene rings is 1. The van der Waals surface area contributed by atoms with E-state index in [9.17, 15) is 0 Å². The monoisotopic (exact) mass is 230 g/mol. The molecule has 0 amide bonds. The fourth-order valence-electron chi connectivity index (χ4n) is 3.20. The van der Waals surface area contributed by atoms with Gasteiger partial charge in [-0.3, -0.25) is 4.90 Å². The molecule has 2 heteroatoms. The van der Waals surface area contributed by atoms with E-state index in [4.69, 9.17) is 0 Å². The Morgan fingerprint density at radius 1 is 1.24 bits per heavy atom. The molecular formula is C15H22N2. The third-order valence-corrected chi connectivity index (χ3v) is 4.27. The van der Waals surface area contributed by atoms with Crippen LogP contribution in [-0.4, -0.2) is 37.1 Å². The van der Waals surface area contributed by atoms with E-state index >= 15 is 0 Å². The summed E-state index contributed by atoms with van der Waals surface area (Å²) in [6.45, 7) is 7.24. The highest BCUT2D eigenvalue weighted by Gasteiger charge is 2.30. The lowest BCUT2D eigenvalue weighted by Gasteiger charge is -2.39. The highest BCUT2D eigenvalue weighted by atomic mass is 15.3. The molecule has 0 N–H and O–H groups in total. The molecule has 0 spiro atoms. The van der Waals surface area contributed by atoms with E-state index < -0.39 is 0 Å². The third-order valence-electron chi connectivity index (χ3n) is 4.27.